The second-order valence-electron chi connectivity index (χ2n) is 4.41. The number of likely N-dealkylation sites (N-methyl/N-ethyl adjacent to an activating group) is 1. The van der Waals surface area contributed by atoms with Gasteiger partial charge in [-0.05, 0) is 25.9 Å². The van der Waals surface area contributed by atoms with Gasteiger partial charge in [-0.3, -0.25) is 4.90 Å². The van der Waals surface area contributed by atoms with Crippen LogP contribution in [0.2, 0.25) is 0 Å². The lowest BCUT2D eigenvalue weighted by Gasteiger charge is -2.51. The summed E-state index contributed by atoms with van der Waals surface area (Å²) < 4.78 is 0. The maximum absolute atomic E-state index is 10.2. The fourth-order valence-electron chi connectivity index (χ4n) is 2.48. The van der Waals surface area contributed by atoms with Gasteiger partial charge >= 0.3 is 0 Å². The van der Waals surface area contributed by atoms with Crippen molar-refractivity contribution < 1.29 is 5.11 Å². The normalized spacial score (nSPS) is 34.2. The molecule has 0 aromatic heterocycles. The SMILES string of the molecule is CCN1CC(O)(C2CCCCN2)C1. The van der Waals surface area contributed by atoms with Gasteiger partial charge in [0.1, 0.15) is 5.60 Å². The Balaban J connectivity index is 1.86. The fourth-order valence-corrected chi connectivity index (χ4v) is 2.48. The van der Waals surface area contributed by atoms with Crippen molar-refractivity contribution in [2.24, 2.45) is 0 Å². The van der Waals surface area contributed by atoms with E-state index >= 15 is 0 Å². The van der Waals surface area contributed by atoms with E-state index in [1.165, 1.54) is 12.8 Å². The van der Waals surface area contributed by atoms with Gasteiger partial charge in [0, 0.05) is 19.1 Å². The number of likely N-dealkylation sites (tertiary alicyclic amines) is 1. The highest BCUT2D eigenvalue weighted by Crippen LogP contribution is 2.28. The zero-order valence-corrected chi connectivity index (χ0v) is 8.42. The second kappa shape index (κ2) is 3.56. The van der Waals surface area contributed by atoms with E-state index in [0.717, 1.165) is 32.6 Å². The van der Waals surface area contributed by atoms with Crippen LogP contribution < -0.4 is 5.32 Å². The lowest BCUT2D eigenvalue weighted by atomic mass is 9.82. The molecule has 2 fully saturated rings. The molecule has 2 N–H and O–H groups in total. The van der Waals surface area contributed by atoms with Crippen LogP contribution in [0, 0.1) is 0 Å². The maximum atomic E-state index is 10.2. The highest BCUT2D eigenvalue weighted by Gasteiger charge is 2.46. The molecular formula is C10H20N2O. The van der Waals surface area contributed by atoms with Gasteiger partial charge in [-0.25, -0.2) is 0 Å². The zero-order valence-electron chi connectivity index (χ0n) is 8.42. The summed E-state index contributed by atoms with van der Waals surface area (Å²) in [6.07, 6.45) is 3.68. The van der Waals surface area contributed by atoms with Crippen LogP contribution in [0.25, 0.3) is 0 Å². The Morgan fingerprint density at radius 1 is 1.46 bits per heavy atom. The van der Waals surface area contributed by atoms with Gasteiger partial charge in [0.05, 0.1) is 0 Å². The fraction of sp³-hybridized carbons (Fsp3) is 1.00. The minimum absolute atomic E-state index is 0.351. The van der Waals surface area contributed by atoms with Gasteiger partial charge in [0.2, 0.25) is 0 Å². The van der Waals surface area contributed by atoms with Crippen LogP contribution in [0.3, 0.4) is 0 Å². The summed E-state index contributed by atoms with van der Waals surface area (Å²) in [5.74, 6) is 0. The van der Waals surface area contributed by atoms with Crippen LogP contribution in [0.4, 0.5) is 0 Å². The summed E-state index contributed by atoms with van der Waals surface area (Å²) in [6, 6.07) is 0.351. The highest BCUT2D eigenvalue weighted by molar-refractivity contribution is 5.04. The standard InChI is InChI=1S/C10H20N2O/c1-2-12-7-10(13,8-12)9-5-3-4-6-11-9/h9,11,13H,2-8H2,1H3. The van der Waals surface area contributed by atoms with Crippen molar-refractivity contribution in [3.8, 4) is 0 Å². The highest BCUT2D eigenvalue weighted by atomic mass is 16.3. The molecule has 3 nitrogen and oxygen atoms in total. The van der Waals surface area contributed by atoms with Gasteiger partial charge in [-0.15, -0.1) is 0 Å². The molecule has 0 amide bonds. The molecule has 0 aromatic rings. The first-order valence-corrected chi connectivity index (χ1v) is 5.43. The van der Waals surface area contributed by atoms with E-state index in [0.29, 0.717) is 6.04 Å². The summed E-state index contributed by atoms with van der Waals surface area (Å²) in [4.78, 5) is 2.29. The molecule has 2 saturated heterocycles. The van der Waals surface area contributed by atoms with E-state index in [1.54, 1.807) is 0 Å². The molecule has 76 valence electrons. The molecule has 0 radical (unpaired) electrons. The van der Waals surface area contributed by atoms with Gasteiger partial charge in [-0.2, -0.15) is 0 Å². The van der Waals surface area contributed by atoms with Crippen molar-refractivity contribution in [2.45, 2.75) is 37.8 Å². The Bertz CT molecular complexity index is 172. The summed E-state index contributed by atoms with van der Waals surface area (Å²) in [7, 11) is 0. The monoisotopic (exact) mass is 184 g/mol. The van der Waals surface area contributed by atoms with Gasteiger partial charge in [0.25, 0.3) is 0 Å². The van der Waals surface area contributed by atoms with E-state index in [2.05, 4.69) is 17.1 Å². The Morgan fingerprint density at radius 2 is 2.23 bits per heavy atom. The first-order chi connectivity index (χ1) is 6.24. The molecule has 0 spiro atoms. The van der Waals surface area contributed by atoms with Gasteiger partial charge in [-0.1, -0.05) is 13.3 Å². The molecule has 2 heterocycles. The Kier molecular flexibility index (Phi) is 2.58. The Labute approximate surface area is 80.1 Å². The minimum Gasteiger partial charge on any atom is -0.386 e. The Morgan fingerprint density at radius 3 is 2.77 bits per heavy atom. The quantitative estimate of drug-likeness (QED) is 0.643. The van der Waals surface area contributed by atoms with Crippen molar-refractivity contribution in [3.63, 3.8) is 0 Å². The van der Waals surface area contributed by atoms with Crippen LogP contribution in [0.15, 0.2) is 0 Å². The average Bonchev–Trinajstić information content (AvgIpc) is 2.14. The Hall–Kier alpha value is -0.120. The first-order valence-electron chi connectivity index (χ1n) is 5.43. The summed E-state index contributed by atoms with van der Waals surface area (Å²) >= 11 is 0. The van der Waals surface area contributed by atoms with Gasteiger partial charge < -0.3 is 10.4 Å². The summed E-state index contributed by atoms with van der Waals surface area (Å²) in [6.45, 7) is 6.02. The lowest BCUT2D eigenvalue weighted by Crippen LogP contribution is -2.70. The molecule has 1 unspecified atom stereocenters. The number of nitrogens with zero attached hydrogens (tertiary/aromatic N) is 1. The summed E-state index contributed by atoms with van der Waals surface area (Å²) in [5, 5.41) is 13.7. The van der Waals surface area contributed by atoms with E-state index in [-0.39, 0.29) is 0 Å². The van der Waals surface area contributed by atoms with Crippen LogP contribution in [-0.2, 0) is 0 Å². The van der Waals surface area contributed by atoms with Crippen LogP contribution in [-0.4, -0.2) is 47.8 Å². The number of rotatable bonds is 2. The van der Waals surface area contributed by atoms with Crippen molar-refractivity contribution in [1.29, 1.82) is 0 Å². The largest absolute Gasteiger partial charge is 0.386 e. The molecule has 2 aliphatic rings. The molecular weight excluding hydrogens is 164 g/mol. The number of hydrogen-bond donors (Lipinski definition) is 2. The number of aliphatic hydroxyl groups is 1. The predicted octanol–water partition coefficient (Wildman–Crippen LogP) is 0.195. The second-order valence-corrected chi connectivity index (χ2v) is 4.41. The number of hydrogen-bond acceptors (Lipinski definition) is 3. The molecule has 0 aliphatic carbocycles. The van der Waals surface area contributed by atoms with E-state index in [4.69, 9.17) is 0 Å². The zero-order chi connectivity index (χ0) is 9.31. The molecule has 1 atom stereocenters. The van der Waals surface area contributed by atoms with Crippen LogP contribution >= 0.6 is 0 Å². The van der Waals surface area contributed by atoms with Crippen LogP contribution in [0.5, 0.6) is 0 Å². The smallest absolute Gasteiger partial charge is 0.105 e. The van der Waals surface area contributed by atoms with Crippen molar-refractivity contribution in [3.05, 3.63) is 0 Å². The molecule has 13 heavy (non-hydrogen) atoms. The minimum atomic E-state index is -0.420. The van der Waals surface area contributed by atoms with Gasteiger partial charge in [0.15, 0.2) is 0 Å². The molecule has 0 aromatic carbocycles. The van der Waals surface area contributed by atoms with Crippen LogP contribution in [0.1, 0.15) is 26.2 Å². The van der Waals surface area contributed by atoms with Crippen molar-refractivity contribution >= 4 is 0 Å². The van der Waals surface area contributed by atoms with E-state index in [9.17, 15) is 5.11 Å². The summed E-state index contributed by atoms with van der Waals surface area (Å²) in [5.41, 5.74) is -0.420. The topological polar surface area (TPSA) is 35.5 Å². The first kappa shape index (κ1) is 9.44. The number of piperidine rings is 1. The third-order valence-electron chi connectivity index (χ3n) is 3.40. The predicted molar refractivity (Wildman–Crippen MR) is 52.7 cm³/mol. The van der Waals surface area contributed by atoms with Crippen molar-refractivity contribution in [2.75, 3.05) is 26.2 Å². The van der Waals surface area contributed by atoms with Crippen molar-refractivity contribution in [1.82, 2.24) is 10.2 Å². The number of nitrogens with one attached hydrogen (secondary N) is 1. The third kappa shape index (κ3) is 1.73. The molecule has 0 saturated carbocycles. The van der Waals surface area contributed by atoms with E-state index in [1.807, 2.05) is 0 Å². The molecule has 2 aliphatic heterocycles. The lowest BCUT2D eigenvalue weighted by molar-refractivity contribution is -0.122. The molecule has 3 heteroatoms. The number of β-amino-alcohol motifs (C(OH)–C–C–N with tert-alkyl or cyclic N) is 1. The average molecular weight is 184 g/mol. The molecule has 0 bridgehead atoms. The maximum Gasteiger partial charge on any atom is 0.105 e. The van der Waals surface area contributed by atoms with E-state index < -0.39 is 5.60 Å². The third-order valence-corrected chi connectivity index (χ3v) is 3.40. The molecule has 2 rings (SSSR count).